The molecule has 21 heavy (non-hydrogen) atoms. The van der Waals surface area contributed by atoms with E-state index in [1.54, 1.807) is 14.2 Å². The predicted octanol–water partition coefficient (Wildman–Crippen LogP) is 2.71. The first-order valence-corrected chi connectivity index (χ1v) is 8.14. The molecular formula is C15H25N3O2S. The summed E-state index contributed by atoms with van der Waals surface area (Å²) < 4.78 is 5.46. The van der Waals surface area contributed by atoms with Gasteiger partial charge in [-0.05, 0) is 24.7 Å². The molecule has 0 unspecified atom stereocenters. The monoisotopic (exact) mass is 311 g/mol. The number of hydrogen-bond acceptors (Lipinski definition) is 5. The Bertz CT molecular complexity index is 525. The lowest BCUT2D eigenvalue weighted by Crippen LogP contribution is -2.24. The lowest BCUT2D eigenvalue weighted by Gasteiger charge is -2.24. The summed E-state index contributed by atoms with van der Waals surface area (Å²) >= 11 is 1.42. The Labute approximate surface area is 130 Å². The summed E-state index contributed by atoms with van der Waals surface area (Å²) in [5.74, 6) is 0.482. The molecule has 1 amide bonds. The molecule has 3 N–H and O–H groups in total. The van der Waals surface area contributed by atoms with E-state index in [4.69, 9.17) is 10.5 Å². The van der Waals surface area contributed by atoms with Gasteiger partial charge in [0.1, 0.15) is 15.6 Å². The topological polar surface area (TPSA) is 67.6 Å². The van der Waals surface area contributed by atoms with Gasteiger partial charge in [0.05, 0.1) is 7.11 Å². The van der Waals surface area contributed by atoms with Crippen LogP contribution in [0.3, 0.4) is 0 Å². The smallest absolute Gasteiger partial charge is 0.263 e. The molecule has 0 spiro atoms. The van der Waals surface area contributed by atoms with Crippen LogP contribution in [-0.2, 0) is 0 Å². The fourth-order valence-corrected chi connectivity index (χ4v) is 3.92. The minimum Gasteiger partial charge on any atom is -0.492 e. The van der Waals surface area contributed by atoms with Crippen LogP contribution in [0.2, 0.25) is 0 Å². The van der Waals surface area contributed by atoms with E-state index in [0.717, 1.165) is 30.9 Å². The van der Waals surface area contributed by atoms with Crippen LogP contribution in [0.5, 0.6) is 5.75 Å². The Balaban J connectivity index is 2.32. The van der Waals surface area contributed by atoms with E-state index >= 15 is 0 Å². The van der Waals surface area contributed by atoms with Crippen LogP contribution in [0.4, 0.5) is 10.7 Å². The largest absolute Gasteiger partial charge is 0.492 e. The van der Waals surface area contributed by atoms with Gasteiger partial charge in [-0.1, -0.05) is 13.8 Å². The molecule has 0 aromatic carbocycles. The summed E-state index contributed by atoms with van der Waals surface area (Å²) in [6.07, 6.45) is 3.49. The van der Waals surface area contributed by atoms with E-state index in [0.29, 0.717) is 21.7 Å². The third kappa shape index (κ3) is 3.26. The number of nitrogens with two attached hydrogens (primary N) is 1. The number of hydrogen-bond donors (Lipinski definition) is 2. The standard InChI is InChI=1S/C15H25N3O2S/c1-15(2)6-5-8-18(9-7-15)14-11(20-4)10(16)12(21-14)13(19)17-3/h5-9,16H2,1-4H3,(H,17,19). The van der Waals surface area contributed by atoms with E-state index in [9.17, 15) is 4.79 Å². The van der Waals surface area contributed by atoms with Gasteiger partial charge in [-0.3, -0.25) is 4.79 Å². The molecule has 0 atom stereocenters. The molecule has 0 aliphatic carbocycles. The first kappa shape index (κ1) is 15.9. The van der Waals surface area contributed by atoms with Crippen molar-refractivity contribution in [1.29, 1.82) is 0 Å². The maximum absolute atomic E-state index is 11.9. The predicted molar refractivity (Wildman–Crippen MR) is 88.5 cm³/mol. The lowest BCUT2D eigenvalue weighted by atomic mass is 9.85. The molecule has 0 saturated carbocycles. The second-order valence-electron chi connectivity index (χ2n) is 6.27. The van der Waals surface area contributed by atoms with Crippen LogP contribution in [0.1, 0.15) is 42.8 Å². The van der Waals surface area contributed by atoms with Crippen molar-refractivity contribution in [1.82, 2.24) is 5.32 Å². The number of nitrogens with zero attached hydrogens (tertiary/aromatic N) is 1. The minimum atomic E-state index is -0.155. The molecule has 1 aliphatic heterocycles. The van der Waals surface area contributed by atoms with Crippen molar-refractivity contribution < 1.29 is 9.53 Å². The maximum Gasteiger partial charge on any atom is 0.263 e. The number of nitrogen functional groups attached to an aromatic ring is 1. The second kappa shape index (κ2) is 6.13. The Morgan fingerprint density at radius 3 is 2.71 bits per heavy atom. The van der Waals surface area contributed by atoms with Crippen molar-refractivity contribution in [2.75, 3.05) is 37.9 Å². The van der Waals surface area contributed by atoms with Crippen LogP contribution in [0.15, 0.2) is 0 Å². The highest BCUT2D eigenvalue weighted by Crippen LogP contribution is 2.46. The van der Waals surface area contributed by atoms with Gasteiger partial charge >= 0.3 is 0 Å². The molecule has 1 fully saturated rings. The number of methoxy groups -OCH3 is 1. The Hall–Kier alpha value is -1.43. The molecule has 0 bridgehead atoms. The molecular weight excluding hydrogens is 286 g/mol. The lowest BCUT2D eigenvalue weighted by molar-refractivity contribution is 0.0967. The van der Waals surface area contributed by atoms with E-state index in [1.165, 1.54) is 17.8 Å². The highest BCUT2D eigenvalue weighted by molar-refractivity contribution is 7.19. The molecule has 1 aromatic heterocycles. The van der Waals surface area contributed by atoms with Crippen molar-refractivity contribution in [2.45, 2.75) is 33.1 Å². The van der Waals surface area contributed by atoms with Crippen molar-refractivity contribution in [3.05, 3.63) is 4.88 Å². The minimum absolute atomic E-state index is 0.155. The van der Waals surface area contributed by atoms with E-state index < -0.39 is 0 Å². The van der Waals surface area contributed by atoms with Gasteiger partial charge in [0.2, 0.25) is 0 Å². The Morgan fingerprint density at radius 2 is 2.10 bits per heavy atom. The summed E-state index contributed by atoms with van der Waals surface area (Å²) in [6, 6.07) is 0. The first-order chi connectivity index (χ1) is 9.89. The zero-order chi connectivity index (χ0) is 15.6. The van der Waals surface area contributed by atoms with E-state index in [1.807, 2.05) is 0 Å². The van der Waals surface area contributed by atoms with Crippen molar-refractivity contribution in [3.63, 3.8) is 0 Å². The number of carbonyl (C=O) groups is 1. The van der Waals surface area contributed by atoms with Gasteiger partial charge in [0.25, 0.3) is 5.91 Å². The maximum atomic E-state index is 11.9. The molecule has 118 valence electrons. The molecule has 2 rings (SSSR count). The highest BCUT2D eigenvalue weighted by atomic mass is 32.1. The molecule has 1 saturated heterocycles. The summed E-state index contributed by atoms with van der Waals surface area (Å²) in [7, 11) is 3.22. The Kier molecular flexibility index (Phi) is 4.66. The van der Waals surface area contributed by atoms with Crippen molar-refractivity contribution in [2.24, 2.45) is 5.41 Å². The third-order valence-corrected chi connectivity index (χ3v) is 5.39. The number of amides is 1. The zero-order valence-corrected chi connectivity index (χ0v) is 14.1. The Morgan fingerprint density at radius 1 is 1.38 bits per heavy atom. The summed E-state index contributed by atoms with van der Waals surface area (Å²) in [6.45, 7) is 6.57. The molecule has 2 heterocycles. The third-order valence-electron chi connectivity index (χ3n) is 4.15. The highest BCUT2D eigenvalue weighted by Gasteiger charge is 2.28. The zero-order valence-electron chi connectivity index (χ0n) is 13.3. The fourth-order valence-electron chi connectivity index (χ4n) is 2.73. The molecule has 0 radical (unpaired) electrons. The second-order valence-corrected chi connectivity index (χ2v) is 7.27. The fraction of sp³-hybridized carbons (Fsp3) is 0.667. The number of rotatable bonds is 3. The number of nitrogens with one attached hydrogen (secondary N) is 1. The van der Waals surface area contributed by atoms with Gasteiger partial charge in [-0.2, -0.15) is 0 Å². The molecule has 6 heteroatoms. The van der Waals surface area contributed by atoms with Gasteiger partial charge < -0.3 is 20.7 Å². The van der Waals surface area contributed by atoms with Crippen LogP contribution in [0.25, 0.3) is 0 Å². The van der Waals surface area contributed by atoms with Crippen molar-refractivity contribution >= 4 is 27.9 Å². The average Bonchev–Trinajstić information content (AvgIpc) is 2.66. The van der Waals surface area contributed by atoms with E-state index in [2.05, 4.69) is 24.1 Å². The van der Waals surface area contributed by atoms with Crippen LogP contribution >= 0.6 is 11.3 Å². The normalized spacial score (nSPS) is 18.2. The van der Waals surface area contributed by atoms with Gasteiger partial charge in [-0.15, -0.1) is 11.3 Å². The average molecular weight is 311 g/mol. The SMILES string of the molecule is CNC(=O)c1sc(N2CCCC(C)(C)CC2)c(OC)c1N. The number of carbonyl (C=O) groups excluding carboxylic acids is 1. The summed E-state index contributed by atoms with van der Waals surface area (Å²) in [5.41, 5.74) is 6.90. The molecule has 1 aromatic rings. The summed E-state index contributed by atoms with van der Waals surface area (Å²) in [5, 5.41) is 3.61. The van der Waals surface area contributed by atoms with E-state index in [-0.39, 0.29) is 5.91 Å². The van der Waals surface area contributed by atoms with Crippen LogP contribution in [0, 0.1) is 5.41 Å². The van der Waals surface area contributed by atoms with Gasteiger partial charge in [0.15, 0.2) is 5.75 Å². The van der Waals surface area contributed by atoms with Crippen LogP contribution < -0.4 is 20.7 Å². The molecule has 5 nitrogen and oxygen atoms in total. The van der Waals surface area contributed by atoms with Gasteiger partial charge in [0, 0.05) is 20.1 Å². The molecule has 1 aliphatic rings. The van der Waals surface area contributed by atoms with Gasteiger partial charge in [-0.25, -0.2) is 0 Å². The number of ether oxygens (including phenoxy) is 1. The number of anilines is 2. The first-order valence-electron chi connectivity index (χ1n) is 7.33. The van der Waals surface area contributed by atoms with Crippen molar-refractivity contribution in [3.8, 4) is 5.75 Å². The number of thiophene rings is 1. The quantitative estimate of drug-likeness (QED) is 0.900. The van der Waals surface area contributed by atoms with Crippen LogP contribution in [-0.4, -0.2) is 33.2 Å². The summed E-state index contributed by atoms with van der Waals surface area (Å²) in [4.78, 5) is 14.8.